The quantitative estimate of drug-likeness (QED) is 0.233. The second-order valence-electron chi connectivity index (χ2n) is 13.3. The summed E-state index contributed by atoms with van der Waals surface area (Å²) in [5.74, 6) is 1.63. The van der Waals surface area contributed by atoms with Crippen LogP contribution in [-0.2, 0) is 21.2 Å². The van der Waals surface area contributed by atoms with E-state index in [0.717, 1.165) is 73.2 Å². The van der Waals surface area contributed by atoms with Gasteiger partial charge in [0, 0.05) is 73.3 Å². The predicted molar refractivity (Wildman–Crippen MR) is 185 cm³/mol. The van der Waals surface area contributed by atoms with Crippen molar-refractivity contribution in [3.8, 4) is 5.75 Å². The Bertz CT molecular complexity index is 1490. The number of nitrogens with zero attached hydrogens (tertiary/aromatic N) is 4. The monoisotopic (exact) mass is 651 g/mol. The van der Waals surface area contributed by atoms with Gasteiger partial charge in [-0.1, -0.05) is 68.2 Å². The highest BCUT2D eigenvalue weighted by molar-refractivity contribution is 6.30. The summed E-state index contributed by atoms with van der Waals surface area (Å²) >= 11 is 12.9. The predicted octanol–water partition coefficient (Wildman–Crippen LogP) is 7.25. The summed E-state index contributed by atoms with van der Waals surface area (Å²) in [5, 5.41) is 5.25. The average molecular weight is 653 g/mol. The fraction of sp³-hybridized carbons (Fsp3) is 0.500. The van der Waals surface area contributed by atoms with Gasteiger partial charge in [0.15, 0.2) is 0 Å². The molecular weight excluding hydrogens is 605 g/mol. The Morgan fingerprint density at radius 1 is 1.00 bits per heavy atom. The van der Waals surface area contributed by atoms with Crippen LogP contribution in [0.25, 0.3) is 0 Å². The molecule has 1 aromatic heterocycles. The van der Waals surface area contributed by atoms with Gasteiger partial charge in [-0.3, -0.25) is 20.2 Å². The lowest BCUT2D eigenvalue weighted by Crippen LogP contribution is -2.65. The number of piperazine rings is 1. The summed E-state index contributed by atoms with van der Waals surface area (Å²) in [7, 11) is 1.76. The number of methoxy groups -OCH3 is 1. The third-order valence-corrected chi connectivity index (χ3v) is 9.85. The maximum Gasteiger partial charge on any atom is 0.139 e. The number of hydrogen-bond acceptors (Lipinski definition) is 7. The van der Waals surface area contributed by atoms with Crippen LogP contribution >= 0.6 is 23.2 Å². The lowest BCUT2D eigenvalue weighted by atomic mass is 9.70. The van der Waals surface area contributed by atoms with Crippen LogP contribution in [0.4, 0.5) is 0 Å². The molecule has 1 saturated heterocycles. The minimum atomic E-state index is -0.715. The fourth-order valence-corrected chi connectivity index (χ4v) is 6.92. The zero-order valence-corrected chi connectivity index (χ0v) is 29.2. The summed E-state index contributed by atoms with van der Waals surface area (Å²) in [5.41, 5.74) is 2.53. The number of amidine groups is 1. The van der Waals surface area contributed by atoms with Gasteiger partial charge in [-0.15, -0.1) is 0 Å². The first-order valence-electron chi connectivity index (χ1n) is 15.9. The van der Waals surface area contributed by atoms with Crippen molar-refractivity contribution in [2.75, 3.05) is 46.5 Å². The second-order valence-corrected chi connectivity index (χ2v) is 14.2. The number of halogens is 2. The highest BCUT2D eigenvalue weighted by Gasteiger charge is 2.59. The van der Waals surface area contributed by atoms with Crippen molar-refractivity contribution in [2.24, 2.45) is 4.99 Å². The second kappa shape index (κ2) is 13.6. The van der Waals surface area contributed by atoms with Gasteiger partial charge >= 0.3 is 0 Å². The molecular formula is C36H47Cl2N5O2. The van der Waals surface area contributed by atoms with Crippen LogP contribution in [0.5, 0.6) is 5.75 Å². The molecule has 45 heavy (non-hydrogen) atoms. The Balaban J connectivity index is 1.74. The van der Waals surface area contributed by atoms with Crippen LogP contribution < -0.4 is 10.1 Å². The maximum absolute atomic E-state index is 6.45. The van der Waals surface area contributed by atoms with Gasteiger partial charge in [0.1, 0.15) is 17.1 Å². The number of hydrogen-bond donors (Lipinski definition) is 1. The molecule has 0 saturated carbocycles. The Hall–Kier alpha value is -2.68. The first kappa shape index (κ1) is 33.7. The minimum absolute atomic E-state index is 0.0494. The molecule has 0 spiro atoms. The van der Waals surface area contributed by atoms with Gasteiger partial charge in [0.05, 0.1) is 23.9 Å². The molecule has 0 amide bonds. The number of benzene rings is 2. The van der Waals surface area contributed by atoms with E-state index < -0.39 is 11.1 Å². The Morgan fingerprint density at radius 3 is 2.24 bits per heavy atom. The highest BCUT2D eigenvalue weighted by Crippen LogP contribution is 2.54. The van der Waals surface area contributed by atoms with Gasteiger partial charge in [0.2, 0.25) is 0 Å². The fourth-order valence-electron chi connectivity index (χ4n) is 6.67. The Morgan fingerprint density at radius 2 is 1.64 bits per heavy atom. The summed E-state index contributed by atoms with van der Waals surface area (Å²) in [6.07, 6.45) is 2.88. The number of aliphatic imine (C=N–C) groups is 1. The smallest absolute Gasteiger partial charge is 0.139 e. The summed E-state index contributed by atoms with van der Waals surface area (Å²) < 4.78 is 11.7. The van der Waals surface area contributed by atoms with E-state index in [1.54, 1.807) is 7.11 Å². The van der Waals surface area contributed by atoms with Crippen LogP contribution in [0.2, 0.25) is 10.0 Å². The van der Waals surface area contributed by atoms with Crippen LogP contribution in [0.15, 0.2) is 65.8 Å². The zero-order chi connectivity index (χ0) is 32.4. The molecule has 3 aromatic rings. The van der Waals surface area contributed by atoms with E-state index in [1.807, 2.05) is 37.4 Å². The van der Waals surface area contributed by atoms with Crippen molar-refractivity contribution in [3.63, 3.8) is 0 Å². The van der Waals surface area contributed by atoms with Gasteiger partial charge < -0.3 is 14.4 Å². The third-order valence-electron chi connectivity index (χ3n) is 9.35. The van der Waals surface area contributed by atoms with Crippen molar-refractivity contribution >= 4 is 29.0 Å². The largest absolute Gasteiger partial charge is 0.493 e. The highest BCUT2D eigenvalue weighted by atomic mass is 35.5. The average Bonchev–Trinajstić information content (AvgIpc) is 3.26. The van der Waals surface area contributed by atoms with E-state index in [9.17, 15) is 0 Å². The van der Waals surface area contributed by atoms with Crippen LogP contribution in [0.1, 0.15) is 70.3 Å². The lowest BCUT2D eigenvalue weighted by Gasteiger charge is -2.51. The molecule has 0 bridgehead atoms. The van der Waals surface area contributed by atoms with E-state index in [4.69, 9.17) is 42.7 Å². The maximum atomic E-state index is 6.45. The van der Waals surface area contributed by atoms with E-state index in [2.05, 4.69) is 80.1 Å². The number of ether oxygens (including phenoxy) is 2. The van der Waals surface area contributed by atoms with E-state index in [0.29, 0.717) is 16.7 Å². The van der Waals surface area contributed by atoms with Crippen LogP contribution in [0, 0.1) is 0 Å². The SMILES string of the molecule is CCOc1cc(C(C)(C)C)ncc1C1=N[C@@](C)(c2ccc(Cl)cc2)[C@@](C)(c2ccc(Cl)cc2)N1C1CN(CCCOC)CCN1. The van der Waals surface area contributed by atoms with E-state index in [1.165, 1.54) is 0 Å². The molecule has 5 rings (SSSR count). The lowest BCUT2D eigenvalue weighted by molar-refractivity contribution is 0.0339. The van der Waals surface area contributed by atoms with Gasteiger partial charge in [-0.2, -0.15) is 0 Å². The molecule has 3 atom stereocenters. The number of aromatic nitrogens is 1. The van der Waals surface area contributed by atoms with Crippen molar-refractivity contribution in [3.05, 3.63) is 93.2 Å². The molecule has 2 aromatic carbocycles. The van der Waals surface area contributed by atoms with Crippen molar-refractivity contribution < 1.29 is 9.47 Å². The molecule has 2 aliphatic heterocycles. The number of rotatable bonds is 10. The van der Waals surface area contributed by atoms with Crippen molar-refractivity contribution in [1.29, 1.82) is 0 Å². The molecule has 3 heterocycles. The molecule has 2 aliphatic rings. The summed E-state index contributed by atoms with van der Waals surface area (Å²) in [6.45, 7) is 17.9. The Kier molecular flexibility index (Phi) is 10.2. The first-order valence-corrected chi connectivity index (χ1v) is 16.7. The normalized spacial score (nSPS) is 24.2. The molecule has 1 unspecified atom stereocenters. The first-order chi connectivity index (χ1) is 21.4. The molecule has 0 aliphatic carbocycles. The number of nitrogens with one attached hydrogen (secondary N) is 1. The summed E-state index contributed by atoms with van der Waals surface area (Å²) in [4.78, 5) is 15.7. The van der Waals surface area contributed by atoms with Crippen LogP contribution in [0.3, 0.4) is 0 Å². The van der Waals surface area contributed by atoms with Gasteiger partial charge in [0.25, 0.3) is 0 Å². The molecule has 1 fully saturated rings. The topological polar surface area (TPSA) is 62.2 Å². The molecule has 7 nitrogen and oxygen atoms in total. The van der Waals surface area contributed by atoms with Gasteiger partial charge in [-0.05, 0) is 62.6 Å². The van der Waals surface area contributed by atoms with Crippen molar-refractivity contribution in [2.45, 2.75) is 70.6 Å². The number of pyridine rings is 1. The third kappa shape index (κ3) is 6.61. The van der Waals surface area contributed by atoms with Crippen LogP contribution in [-0.4, -0.2) is 73.3 Å². The van der Waals surface area contributed by atoms with E-state index in [-0.39, 0.29) is 11.6 Å². The molecule has 242 valence electrons. The molecule has 1 N–H and O–H groups in total. The van der Waals surface area contributed by atoms with Crippen molar-refractivity contribution in [1.82, 2.24) is 20.1 Å². The Labute approximate surface area is 278 Å². The standard InChI is InChI=1S/C36H47Cl2N5O2/c1-8-45-30-22-31(34(2,3)4)40-23-29(30)33-41-35(5,25-10-14-27(37)15-11-25)36(6,26-12-16-28(38)17-13-26)43(33)32-24-42(20-18-39-32)19-9-21-44-7/h10-17,22-23,32,39H,8-9,18-21,24H2,1-7H3/t32?,35-,36+/m0/s1. The minimum Gasteiger partial charge on any atom is -0.493 e. The summed E-state index contributed by atoms with van der Waals surface area (Å²) in [6, 6.07) is 18.4. The molecule has 0 radical (unpaired) electrons. The van der Waals surface area contributed by atoms with Gasteiger partial charge in [-0.25, -0.2) is 0 Å². The van der Waals surface area contributed by atoms with E-state index >= 15 is 0 Å². The zero-order valence-electron chi connectivity index (χ0n) is 27.7. The molecule has 9 heteroatoms.